The van der Waals surface area contributed by atoms with Crippen LogP contribution in [0.2, 0.25) is 0 Å². The number of carbonyl (C=O) groups excluding carboxylic acids is 2. The third kappa shape index (κ3) is 4.92. The molecular formula is C16H25N3O3S. The lowest BCUT2D eigenvalue weighted by molar-refractivity contribution is -0.121. The van der Waals surface area contributed by atoms with E-state index in [1.54, 1.807) is 4.90 Å². The van der Waals surface area contributed by atoms with Crippen molar-refractivity contribution < 1.29 is 14.3 Å². The Kier molecular flexibility index (Phi) is 5.29. The highest BCUT2D eigenvalue weighted by Crippen LogP contribution is 2.24. The summed E-state index contributed by atoms with van der Waals surface area (Å²) in [6.07, 6.45) is 1.22. The molecule has 6 nitrogen and oxygen atoms in total. The number of carbonyl (C=O) groups is 2. The van der Waals surface area contributed by atoms with Gasteiger partial charge in [0.15, 0.2) is 5.13 Å². The number of nitrogens with one attached hydrogen (secondary N) is 1. The molecular weight excluding hydrogens is 314 g/mol. The molecule has 1 unspecified atom stereocenters. The number of thiazole rings is 1. The Labute approximate surface area is 141 Å². The molecule has 0 bridgehead atoms. The minimum absolute atomic E-state index is 0.0768. The van der Waals surface area contributed by atoms with E-state index in [0.29, 0.717) is 18.2 Å². The number of likely N-dealkylation sites (tertiary alicyclic amines) is 1. The van der Waals surface area contributed by atoms with Crippen molar-refractivity contribution in [2.75, 3.05) is 18.4 Å². The molecule has 128 valence electrons. The summed E-state index contributed by atoms with van der Waals surface area (Å²) in [6.45, 7) is 10.4. The molecule has 1 aliphatic rings. The number of aryl methyl sites for hydroxylation is 2. The number of anilines is 1. The molecule has 2 amide bonds. The molecule has 0 aliphatic carbocycles. The summed E-state index contributed by atoms with van der Waals surface area (Å²) in [5.74, 6) is -0.298. The van der Waals surface area contributed by atoms with Crippen LogP contribution >= 0.6 is 11.3 Å². The second-order valence-electron chi connectivity index (χ2n) is 6.92. The Morgan fingerprint density at radius 2 is 2.04 bits per heavy atom. The standard InChI is InChI=1S/C16H25N3O3S/c1-10-11(2)23-14(17-10)18-13(20)12-7-6-8-19(9-12)15(21)22-16(3,4)5/h12H,6-9H2,1-5H3,(H,17,18,20). The summed E-state index contributed by atoms with van der Waals surface area (Å²) >= 11 is 1.47. The second kappa shape index (κ2) is 6.86. The van der Waals surface area contributed by atoms with Gasteiger partial charge in [0.05, 0.1) is 11.6 Å². The van der Waals surface area contributed by atoms with Gasteiger partial charge in [-0.3, -0.25) is 4.79 Å². The van der Waals surface area contributed by atoms with Gasteiger partial charge in [0.1, 0.15) is 5.60 Å². The van der Waals surface area contributed by atoms with E-state index in [-0.39, 0.29) is 17.9 Å². The first-order valence-electron chi connectivity index (χ1n) is 7.88. The number of aromatic nitrogens is 1. The minimum Gasteiger partial charge on any atom is -0.444 e. The van der Waals surface area contributed by atoms with E-state index in [0.717, 1.165) is 23.4 Å². The molecule has 1 saturated heterocycles. The Morgan fingerprint density at radius 1 is 1.35 bits per heavy atom. The lowest BCUT2D eigenvalue weighted by Crippen LogP contribution is -2.45. The zero-order chi connectivity index (χ0) is 17.2. The molecule has 0 aromatic carbocycles. The van der Waals surface area contributed by atoms with Crippen molar-refractivity contribution >= 4 is 28.5 Å². The molecule has 1 aromatic heterocycles. The summed E-state index contributed by atoms with van der Waals surface area (Å²) < 4.78 is 5.39. The predicted molar refractivity (Wildman–Crippen MR) is 90.7 cm³/mol. The van der Waals surface area contributed by atoms with Crippen LogP contribution in [0.5, 0.6) is 0 Å². The van der Waals surface area contributed by atoms with Crippen molar-refractivity contribution in [3.05, 3.63) is 10.6 Å². The lowest BCUT2D eigenvalue weighted by atomic mass is 9.97. The average Bonchev–Trinajstić information content (AvgIpc) is 2.75. The fourth-order valence-corrected chi connectivity index (χ4v) is 3.23. The number of hydrogen-bond donors (Lipinski definition) is 1. The minimum atomic E-state index is -0.526. The quantitative estimate of drug-likeness (QED) is 0.897. The van der Waals surface area contributed by atoms with E-state index in [1.165, 1.54) is 11.3 Å². The zero-order valence-corrected chi connectivity index (χ0v) is 15.2. The Bertz CT molecular complexity index is 572. The maximum Gasteiger partial charge on any atom is 0.410 e. The molecule has 23 heavy (non-hydrogen) atoms. The van der Waals surface area contributed by atoms with E-state index in [2.05, 4.69) is 10.3 Å². The van der Waals surface area contributed by atoms with Crippen LogP contribution in [-0.4, -0.2) is 40.6 Å². The van der Waals surface area contributed by atoms with Crippen LogP contribution in [0.4, 0.5) is 9.93 Å². The maximum absolute atomic E-state index is 12.4. The van der Waals surface area contributed by atoms with Gasteiger partial charge in [-0.1, -0.05) is 0 Å². The molecule has 1 aromatic rings. The average molecular weight is 339 g/mol. The topological polar surface area (TPSA) is 71.5 Å². The van der Waals surface area contributed by atoms with Crippen molar-refractivity contribution in [3.8, 4) is 0 Å². The number of ether oxygens (including phenoxy) is 1. The van der Waals surface area contributed by atoms with Gasteiger partial charge in [-0.15, -0.1) is 11.3 Å². The van der Waals surface area contributed by atoms with Gasteiger partial charge in [0.2, 0.25) is 5.91 Å². The first kappa shape index (κ1) is 17.7. The summed E-state index contributed by atoms with van der Waals surface area (Å²) in [4.78, 5) is 31.6. The van der Waals surface area contributed by atoms with Crippen molar-refractivity contribution in [2.24, 2.45) is 5.92 Å². The van der Waals surface area contributed by atoms with Gasteiger partial charge in [0.25, 0.3) is 0 Å². The van der Waals surface area contributed by atoms with E-state index >= 15 is 0 Å². The molecule has 0 spiro atoms. The second-order valence-corrected chi connectivity index (χ2v) is 8.12. The molecule has 1 N–H and O–H groups in total. The highest BCUT2D eigenvalue weighted by Gasteiger charge is 2.31. The first-order valence-corrected chi connectivity index (χ1v) is 8.70. The maximum atomic E-state index is 12.4. The van der Waals surface area contributed by atoms with Crippen LogP contribution in [-0.2, 0) is 9.53 Å². The summed E-state index contributed by atoms with van der Waals surface area (Å²) in [7, 11) is 0. The Hall–Kier alpha value is -1.63. The Morgan fingerprint density at radius 3 is 2.61 bits per heavy atom. The van der Waals surface area contributed by atoms with Gasteiger partial charge >= 0.3 is 6.09 Å². The first-order chi connectivity index (χ1) is 10.7. The summed E-state index contributed by atoms with van der Waals surface area (Å²) in [5.41, 5.74) is 0.409. The zero-order valence-electron chi connectivity index (χ0n) is 14.4. The van der Waals surface area contributed by atoms with Gasteiger partial charge in [-0.05, 0) is 47.5 Å². The number of nitrogens with zero attached hydrogens (tertiary/aromatic N) is 2. The third-order valence-electron chi connectivity index (χ3n) is 3.70. The normalized spacial score (nSPS) is 18.7. The van der Waals surface area contributed by atoms with E-state index in [1.807, 2.05) is 34.6 Å². The molecule has 1 aliphatic heterocycles. The van der Waals surface area contributed by atoms with E-state index < -0.39 is 5.60 Å². The van der Waals surface area contributed by atoms with Gasteiger partial charge in [-0.25, -0.2) is 9.78 Å². The Balaban J connectivity index is 1.94. The van der Waals surface area contributed by atoms with E-state index in [9.17, 15) is 9.59 Å². The molecule has 2 heterocycles. The van der Waals surface area contributed by atoms with Crippen molar-refractivity contribution in [2.45, 2.75) is 53.1 Å². The SMILES string of the molecule is Cc1nc(NC(=O)C2CCCN(C(=O)OC(C)(C)C)C2)sc1C. The summed E-state index contributed by atoms with van der Waals surface area (Å²) in [5, 5.41) is 3.50. The van der Waals surface area contributed by atoms with Gasteiger partial charge in [0, 0.05) is 18.0 Å². The van der Waals surface area contributed by atoms with E-state index in [4.69, 9.17) is 4.74 Å². The van der Waals surface area contributed by atoms with Crippen LogP contribution < -0.4 is 5.32 Å². The van der Waals surface area contributed by atoms with Gasteiger partial charge < -0.3 is 15.0 Å². The molecule has 1 atom stereocenters. The smallest absolute Gasteiger partial charge is 0.410 e. The fraction of sp³-hybridized carbons (Fsp3) is 0.688. The monoisotopic (exact) mass is 339 g/mol. The van der Waals surface area contributed by atoms with Crippen LogP contribution in [0.1, 0.15) is 44.2 Å². The predicted octanol–water partition coefficient (Wildman–Crippen LogP) is 3.35. The van der Waals surface area contributed by atoms with Crippen LogP contribution in [0.25, 0.3) is 0 Å². The lowest BCUT2D eigenvalue weighted by Gasteiger charge is -2.33. The fourth-order valence-electron chi connectivity index (χ4n) is 2.42. The summed E-state index contributed by atoms with van der Waals surface area (Å²) in [6, 6.07) is 0. The number of hydrogen-bond acceptors (Lipinski definition) is 5. The molecule has 0 radical (unpaired) electrons. The van der Waals surface area contributed by atoms with Gasteiger partial charge in [-0.2, -0.15) is 0 Å². The largest absolute Gasteiger partial charge is 0.444 e. The van der Waals surface area contributed by atoms with Crippen LogP contribution in [0.15, 0.2) is 0 Å². The number of rotatable bonds is 2. The highest BCUT2D eigenvalue weighted by molar-refractivity contribution is 7.15. The number of amides is 2. The molecule has 7 heteroatoms. The van der Waals surface area contributed by atoms with Crippen LogP contribution in [0, 0.1) is 19.8 Å². The third-order valence-corrected chi connectivity index (χ3v) is 4.69. The van der Waals surface area contributed by atoms with Crippen LogP contribution in [0.3, 0.4) is 0 Å². The molecule has 0 saturated carbocycles. The number of piperidine rings is 1. The van der Waals surface area contributed by atoms with Crippen molar-refractivity contribution in [1.29, 1.82) is 0 Å². The molecule has 2 rings (SSSR count). The van der Waals surface area contributed by atoms with Crippen molar-refractivity contribution in [3.63, 3.8) is 0 Å². The van der Waals surface area contributed by atoms with Crippen molar-refractivity contribution in [1.82, 2.24) is 9.88 Å². The highest BCUT2D eigenvalue weighted by atomic mass is 32.1. The molecule has 1 fully saturated rings.